The van der Waals surface area contributed by atoms with Crippen LogP contribution in [-0.2, 0) is 9.53 Å². The number of nitrogens with one attached hydrogen (secondary N) is 1. The van der Waals surface area contributed by atoms with Crippen LogP contribution in [0, 0.1) is 17.3 Å². The smallest absolute Gasteiger partial charge is 0.339 e. The molecule has 1 aromatic carbocycles. The highest BCUT2D eigenvalue weighted by molar-refractivity contribution is 6.02. The summed E-state index contributed by atoms with van der Waals surface area (Å²) in [4.78, 5) is 24.8. The van der Waals surface area contributed by atoms with Gasteiger partial charge < -0.3 is 10.1 Å². The van der Waals surface area contributed by atoms with Crippen LogP contribution in [0.1, 0.15) is 50.4 Å². The van der Waals surface area contributed by atoms with Gasteiger partial charge in [0.1, 0.15) is 0 Å². The van der Waals surface area contributed by atoms with Gasteiger partial charge in [-0.15, -0.1) is 0 Å². The minimum absolute atomic E-state index is 0.0490. The van der Waals surface area contributed by atoms with Gasteiger partial charge in [-0.3, -0.25) is 4.79 Å². The van der Waals surface area contributed by atoms with Crippen molar-refractivity contribution in [1.82, 2.24) is 0 Å². The minimum atomic E-state index is -0.452. The molecule has 1 aliphatic rings. The van der Waals surface area contributed by atoms with E-state index in [2.05, 4.69) is 25.7 Å². The second-order valence-electron chi connectivity index (χ2n) is 7.49. The van der Waals surface area contributed by atoms with Crippen molar-refractivity contribution in [3.05, 3.63) is 42.0 Å². The fourth-order valence-electron chi connectivity index (χ4n) is 3.56. The highest BCUT2D eigenvalue weighted by Crippen LogP contribution is 2.44. The summed E-state index contributed by atoms with van der Waals surface area (Å²) in [5, 5.41) is 2.94. The van der Waals surface area contributed by atoms with Gasteiger partial charge in [0.15, 0.2) is 0 Å². The number of hydrogen-bond donors (Lipinski definition) is 1. The quantitative estimate of drug-likeness (QED) is 0.657. The molecule has 24 heavy (non-hydrogen) atoms. The molecule has 2 rings (SSSR count). The molecule has 2 unspecified atom stereocenters. The fraction of sp³-hybridized carbons (Fsp3) is 0.500. The average Bonchev–Trinajstić information content (AvgIpc) is 2.53. The van der Waals surface area contributed by atoms with Crippen molar-refractivity contribution in [2.24, 2.45) is 17.3 Å². The Morgan fingerprint density at radius 3 is 2.54 bits per heavy atom. The predicted octanol–water partition coefficient (Wildman–Crippen LogP) is 4.43. The Labute approximate surface area is 144 Å². The first-order valence-electron chi connectivity index (χ1n) is 8.39. The molecule has 4 nitrogen and oxygen atoms in total. The van der Waals surface area contributed by atoms with E-state index in [1.165, 1.54) is 7.11 Å². The van der Waals surface area contributed by atoms with Crippen LogP contribution >= 0.6 is 0 Å². The van der Waals surface area contributed by atoms with E-state index >= 15 is 0 Å². The second-order valence-corrected chi connectivity index (χ2v) is 7.49. The van der Waals surface area contributed by atoms with Crippen LogP contribution in [0.4, 0.5) is 5.69 Å². The Bertz CT molecular complexity index is 648. The van der Waals surface area contributed by atoms with Gasteiger partial charge in [0.05, 0.1) is 18.4 Å². The van der Waals surface area contributed by atoms with Crippen molar-refractivity contribution in [2.75, 3.05) is 12.4 Å². The first-order chi connectivity index (χ1) is 11.2. The molecule has 0 aromatic heterocycles. The third-order valence-electron chi connectivity index (χ3n) is 4.95. The van der Waals surface area contributed by atoms with Crippen LogP contribution < -0.4 is 5.32 Å². The minimum Gasteiger partial charge on any atom is -0.465 e. The first-order valence-corrected chi connectivity index (χ1v) is 8.39. The topological polar surface area (TPSA) is 55.4 Å². The van der Waals surface area contributed by atoms with E-state index in [0.717, 1.165) is 24.8 Å². The lowest BCUT2D eigenvalue weighted by Gasteiger charge is -2.40. The summed E-state index contributed by atoms with van der Waals surface area (Å²) >= 11 is 0. The van der Waals surface area contributed by atoms with Crippen LogP contribution in [0.3, 0.4) is 0 Å². The molecule has 1 fully saturated rings. The van der Waals surface area contributed by atoms with Crippen molar-refractivity contribution in [3.8, 4) is 0 Å². The summed E-state index contributed by atoms with van der Waals surface area (Å²) in [7, 11) is 1.34. The van der Waals surface area contributed by atoms with E-state index in [-0.39, 0.29) is 23.2 Å². The molecule has 0 heterocycles. The number of esters is 1. The summed E-state index contributed by atoms with van der Waals surface area (Å²) in [6.07, 6.45) is 2.88. The normalized spacial score (nSPS) is 22.5. The van der Waals surface area contributed by atoms with Crippen molar-refractivity contribution >= 4 is 17.6 Å². The molecular weight excluding hydrogens is 302 g/mol. The molecular formula is C20H27NO3. The fourth-order valence-corrected chi connectivity index (χ4v) is 3.56. The van der Waals surface area contributed by atoms with Crippen LogP contribution in [0.2, 0.25) is 0 Å². The number of carbonyl (C=O) groups excluding carboxylic acids is 2. The van der Waals surface area contributed by atoms with Gasteiger partial charge in [-0.05, 0) is 49.7 Å². The first kappa shape index (κ1) is 18.2. The number of benzene rings is 1. The standard InChI is InChI=1S/C20H27NO3/c1-13(2)14-10-11-20(3,4)12-16(14)18(22)21-17-9-7-6-8-15(17)19(23)24-5/h6-9,14,16H,1,10-12H2,2-5H3,(H,21,22). The maximum Gasteiger partial charge on any atom is 0.339 e. The number of para-hydroxylation sites is 1. The van der Waals surface area contributed by atoms with Gasteiger partial charge >= 0.3 is 5.97 Å². The number of allylic oxidation sites excluding steroid dienone is 1. The molecule has 1 aromatic rings. The molecule has 1 N–H and O–H groups in total. The summed E-state index contributed by atoms with van der Waals surface area (Å²) in [6, 6.07) is 6.93. The molecule has 0 spiro atoms. The van der Waals surface area contributed by atoms with E-state index in [1.54, 1.807) is 24.3 Å². The number of ether oxygens (including phenoxy) is 1. The van der Waals surface area contributed by atoms with Crippen molar-refractivity contribution in [2.45, 2.75) is 40.0 Å². The number of hydrogen-bond acceptors (Lipinski definition) is 3. The SMILES string of the molecule is C=C(C)C1CCC(C)(C)CC1C(=O)Nc1ccccc1C(=O)OC. The average molecular weight is 329 g/mol. The van der Waals surface area contributed by atoms with Crippen LogP contribution in [0.15, 0.2) is 36.4 Å². The Balaban J connectivity index is 2.24. The van der Waals surface area contributed by atoms with E-state index in [1.807, 2.05) is 6.92 Å². The second kappa shape index (κ2) is 7.20. The van der Waals surface area contributed by atoms with Gasteiger partial charge in [-0.2, -0.15) is 0 Å². The van der Waals surface area contributed by atoms with E-state index in [0.29, 0.717) is 11.3 Å². The number of methoxy groups -OCH3 is 1. The molecule has 0 saturated heterocycles. The molecule has 4 heteroatoms. The van der Waals surface area contributed by atoms with Crippen LogP contribution in [-0.4, -0.2) is 19.0 Å². The molecule has 1 amide bonds. The Morgan fingerprint density at radius 1 is 1.25 bits per heavy atom. The van der Waals surface area contributed by atoms with Gasteiger partial charge in [0.2, 0.25) is 5.91 Å². The zero-order valence-corrected chi connectivity index (χ0v) is 15.0. The van der Waals surface area contributed by atoms with E-state index in [9.17, 15) is 9.59 Å². The third-order valence-corrected chi connectivity index (χ3v) is 4.95. The third kappa shape index (κ3) is 4.05. The number of anilines is 1. The van der Waals surface area contributed by atoms with Crippen molar-refractivity contribution < 1.29 is 14.3 Å². The van der Waals surface area contributed by atoms with E-state index < -0.39 is 5.97 Å². The molecule has 2 atom stereocenters. The molecule has 0 radical (unpaired) electrons. The zero-order chi connectivity index (χ0) is 17.9. The number of carbonyl (C=O) groups is 2. The van der Waals surface area contributed by atoms with Gasteiger partial charge in [-0.1, -0.05) is 38.1 Å². The summed E-state index contributed by atoms with van der Waals surface area (Å²) in [5.41, 5.74) is 2.05. The van der Waals surface area contributed by atoms with Gasteiger partial charge in [0.25, 0.3) is 0 Å². The zero-order valence-electron chi connectivity index (χ0n) is 15.0. The maximum atomic E-state index is 12.9. The molecule has 0 bridgehead atoms. The largest absolute Gasteiger partial charge is 0.465 e. The molecule has 0 aliphatic heterocycles. The van der Waals surface area contributed by atoms with Gasteiger partial charge in [-0.25, -0.2) is 4.79 Å². The Kier molecular flexibility index (Phi) is 5.47. The monoisotopic (exact) mass is 329 g/mol. The summed E-state index contributed by atoms with van der Waals surface area (Å²) < 4.78 is 4.79. The van der Waals surface area contributed by atoms with Crippen LogP contribution in [0.5, 0.6) is 0 Å². The van der Waals surface area contributed by atoms with Crippen molar-refractivity contribution in [3.63, 3.8) is 0 Å². The lowest BCUT2D eigenvalue weighted by Crippen LogP contribution is -2.38. The molecule has 1 saturated carbocycles. The van der Waals surface area contributed by atoms with Crippen LogP contribution in [0.25, 0.3) is 0 Å². The lowest BCUT2D eigenvalue weighted by molar-refractivity contribution is -0.123. The summed E-state index contributed by atoms with van der Waals surface area (Å²) in [6.45, 7) is 10.5. The highest BCUT2D eigenvalue weighted by atomic mass is 16.5. The highest BCUT2D eigenvalue weighted by Gasteiger charge is 2.39. The van der Waals surface area contributed by atoms with E-state index in [4.69, 9.17) is 4.74 Å². The maximum absolute atomic E-state index is 12.9. The number of amides is 1. The Morgan fingerprint density at radius 2 is 1.92 bits per heavy atom. The Hall–Kier alpha value is -2.10. The summed E-state index contributed by atoms with van der Waals surface area (Å²) in [5.74, 6) is -0.446. The molecule has 1 aliphatic carbocycles. The predicted molar refractivity (Wildman–Crippen MR) is 95.8 cm³/mol. The molecule has 130 valence electrons. The van der Waals surface area contributed by atoms with Gasteiger partial charge in [0, 0.05) is 5.92 Å². The number of rotatable bonds is 4. The van der Waals surface area contributed by atoms with Crippen molar-refractivity contribution in [1.29, 1.82) is 0 Å². The lowest BCUT2D eigenvalue weighted by atomic mass is 9.65.